The van der Waals surface area contributed by atoms with Gasteiger partial charge in [-0.3, -0.25) is 19.2 Å². The number of hydrogen-bond acceptors (Lipinski definition) is 14. The zero-order valence-corrected chi connectivity index (χ0v) is 32.1. The number of hydrogen-bond donors (Lipinski definition) is 0. The van der Waals surface area contributed by atoms with E-state index in [0.717, 1.165) is 24.3 Å². The van der Waals surface area contributed by atoms with E-state index in [1.807, 2.05) is 24.3 Å². The maximum atomic E-state index is 13.3. The van der Waals surface area contributed by atoms with Crippen molar-refractivity contribution in [2.45, 2.75) is 35.7 Å². The summed E-state index contributed by atoms with van der Waals surface area (Å²) >= 11 is 0. The SMILES string of the molecule is CC(COCCOC(=O)c1ccc(S(=O)(=O)N2C(=O)C3C4C=CC(C4)C3C2=O)cc1)OCCOC(=O)c1ccc(S(=O)(=O)N2C(=O)C3C4C=CC(C4)C3C2=O)cc1. The molecule has 6 aliphatic rings. The fourth-order valence-corrected chi connectivity index (χ4v) is 11.8. The van der Waals surface area contributed by atoms with E-state index in [4.69, 9.17) is 18.9 Å². The molecule has 0 radical (unpaired) electrons. The minimum absolute atomic E-state index is 0.0152. The average molecular weight is 823 g/mol. The quantitative estimate of drug-likeness (QED) is 0.109. The minimum atomic E-state index is -4.45. The highest BCUT2D eigenvalue weighted by Gasteiger charge is 2.63. The Hall–Kier alpha value is -5.04. The third kappa shape index (κ3) is 6.61. The minimum Gasteiger partial charge on any atom is -0.460 e. The summed E-state index contributed by atoms with van der Waals surface area (Å²) < 4.78 is 75.3. The Bertz CT molecular complexity index is 2260. The summed E-state index contributed by atoms with van der Waals surface area (Å²) in [5.74, 6) is -7.52. The van der Waals surface area contributed by atoms with Gasteiger partial charge in [0.05, 0.1) is 70.5 Å². The number of carbonyl (C=O) groups excluding carboxylic acids is 6. The lowest BCUT2D eigenvalue weighted by Crippen LogP contribution is -2.38. The maximum absolute atomic E-state index is 13.3. The summed E-state index contributed by atoms with van der Waals surface area (Å²) in [7, 11) is -8.91. The summed E-state index contributed by atoms with van der Waals surface area (Å²) in [6.07, 6.45) is 8.40. The van der Waals surface area contributed by atoms with E-state index in [-0.39, 0.29) is 77.6 Å². The highest BCUT2D eigenvalue weighted by atomic mass is 32.2. The Morgan fingerprint density at radius 2 is 0.930 bits per heavy atom. The van der Waals surface area contributed by atoms with Gasteiger partial charge >= 0.3 is 11.9 Å². The highest BCUT2D eigenvalue weighted by Crippen LogP contribution is 2.54. The van der Waals surface area contributed by atoms with E-state index in [2.05, 4.69) is 0 Å². The zero-order valence-electron chi connectivity index (χ0n) is 30.5. The van der Waals surface area contributed by atoms with Crippen molar-refractivity contribution >= 4 is 55.6 Å². The first-order chi connectivity index (χ1) is 27.2. The van der Waals surface area contributed by atoms with Crippen LogP contribution in [0.3, 0.4) is 0 Å². The molecular weight excluding hydrogens is 785 g/mol. The Labute approximate surface area is 327 Å². The number of amides is 4. The number of carbonyl (C=O) groups is 6. The molecule has 0 aromatic heterocycles. The molecule has 4 bridgehead atoms. The van der Waals surface area contributed by atoms with Crippen LogP contribution in [-0.2, 0) is 58.2 Å². The van der Waals surface area contributed by atoms with Crippen LogP contribution < -0.4 is 0 Å². The zero-order chi connectivity index (χ0) is 40.4. The smallest absolute Gasteiger partial charge is 0.338 e. The van der Waals surface area contributed by atoms with Gasteiger partial charge in [-0.15, -0.1) is 0 Å². The van der Waals surface area contributed by atoms with Crippen molar-refractivity contribution in [1.29, 1.82) is 0 Å². The molecule has 2 aromatic carbocycles. The molecule has 9 atom stereocenters. The summed E-state index contributed by atoms with van der Waals surface area (Å²) in [6, 6.07) is 9.55. The normalized spacial score (nSPS) is 28.7. The molecule has 4 fully saturated rings. The number of nitrogens with zero attached hydrogens (tertiary/aromatic N) is 2. The lowest BCUT2D eigenvalue weighted by atomic mass is 9.85. The molecule has 9 unspecified atom stereocenters. The molecule has 18 heteroatoms. The van der Waals surface area contributed by atoms with Crippen LogP contribution in [0.25, 0.3) is 0 Å². The van der Waals surface area contributed by atoms with Crippen molar-refractivity contribution in [3.63, 3.8) is 0 Å². The van der Waals surface area contributed by atoms with Gasteiger partial charge in [0.2, 0.25) is 23.6 Å². The maximum Gasteiger partial charge on any atom is 0.338 e. The van der Waals surface area contributed by atoms with E-state index >= 15 is 0 Å². The van der Waals surface area contributed by atoms with Gasteiger partial charge in [0.25, 0.3) is 20.0 Å². The summed E-state index contributed by atoms with van der Waals surface area (Å²) in [5, 5.41) is 0. The standard InChI is InChI=1S/C39H38N2O14S2/c1-21(53-16-17-55-39(47)23-8-12-29(13-9-23)57(50,51)41-36(44)32-26-4-5-27(19-26)33(32)37(41)45)20-52-14-15-54-38(46)22-6-10-28(11-7-22)56(48,49)40-34(42)30-24-2-3-25(18-24)31(30)35(40)43/h2-13,21,24-27,30-33H,14-20H2,1H3. The number of imide groups is 2. The molecule has 2 aliphatic heterocycles. The Balaban J connectivity index is 0.720. The molecule has 2 saturated carbocycles. The van der Waals surface area contributed by atoms with Gasteiger partial charge in [0.1, 0.15) is 13.2 Å². The number of sulfonamides is 2. The van der Waals surface area contributed by atoms with Crippen molar-refractivity contribution < 1.29 is 64.6 Å². The van der Waals surface area contributed by atoms with Crippen LogP contribution in [-0.4, -0.2) is 100 Å². The van der Waals surface area contributed by atoms with Crippen molar-refractivity contribution in [1.82, 2.24) is 8.61 Å². The van der Waals surface area contributed by atoms with Crippen LogP contribution in [0.4, 0.5) is 0 Å². The van der Waals surface area contributed by atoms with Crippen molar-refractivity contribution in [2.75, 3.05) is 33.0 Å². The van der Waals surface area contributed by atoms with Crippen molar-refractivity contribution in [3.05, 3.63) is 84.0 Å². The molecule has 2 heterocycles. The molecule has 0 spiro atoms. The first kappa shape index (κ1) is 38.8. The van der Waals surface area contributed by atoms with E-state index in [1.165, 1.54) is 24.3 Å². The summed E-state index contributed by atoms with van der Waals surface area (Å²) in [4.78, 5) is 76.5. The number of allylic oxidation sites excluding steroid dienone is 4. The van der Waals surface area contributed by atoms with E-state index in [1.54, 1.807) is 6.92 Å². The molecule has 4 aliphatic carbocycles. The number of fused-ring (bicyclic) bond motifs is 10. The van der Waals surface area contributed by atoms with Crippen LogP contribution in [0.15, 0.2) is 82.6 Å². The predicted octanol–water partition coefficient (Wildman–Crippen LogP) is 2.11. The first-order valence-corrected chi connectivity index (χ1v) is 21.4. The van der Waals surface area contributed by atoms with Gasteiger partial charge in [-0.2, -0.15) is 8.61 Å². The van der Waals surface area contributed by atoms with E-state index in [0.29, 0.717) is 21.5 Å². The molecule has 300 valence electrons. The third-order valence-electron chi connectivity index (χ3n) is 11.6. The largest absolute Gasteiger partial charge is 0.460 e. The lowest BCUT2D eigenvalue weighted by molar-refractivity contribution is -0.136. The second kappa shape index (κ2) is 14.7. The van der Waals surface area contributed by atoms with Crippen molar-refractivity contribution in [2.24, 2.45) is 47.3 Å². The van der Waals surface area contributed by atoms with E-state index < -0.39 is 85.4 Å². The highest BCUT2D eigenvalue weighted by molar-refractivity contribution is 7.90. The second-order valence-corrected chi connectivity index (χ2v) is 18.5. The molecule has 2 saturated heterocycles. The van der Waals surface area contributed by atoms with Crippen LogP contribution >= 0.6 is 0 Å². The van der Waals surface area contributed by atoms with Gasteiger partial charge in [-0.05, 0) is 92.0 Å². The molecular formula is C39H38N2O14S2. The molecule has 0 N–H and O–H groups in total. The molecule has 57 heavy (non-hydrogen) atoms. The molecule has 8 rings (SSSR count). The number of ether oxygens (including phenoxy) is 4. The first-order valence-electron chi connectivity index (χ1n) is 18.6. The average Bonchev–Trinajstić information content (AvgIpc) is 4.06. The van der Waals surface area contributed by atoms with Gasteiger partial charge < -0.3 is 18.9 Å². The van der Waals surface area contributed by atoms with E-state index in [9.17, 15) is 45.6 Å². The van der Waals surface area contributed by atoms with Gasteiger partial charge in [0, 0.05) is 0 Å². The predicted molar refractivity (Wildman–Crippen MR) is 193 cm³/mol. The van der Waals surface area contributed by atoms with Gasteiger partial charge in [-0.1, -0.05) is 24.3 Å². The fraction of sp³-hybridized carbons (Fsp3) is 0.436. The van der Waals surface area contributed by atoms with Gasteiger partial charge in [0.15, 0.2) is 0 Å². The topological polar surface area (TPSA) is 214 Å². The monoisotopic (exact) mass is 822 g/mol. The van der Waals surface area contributed by atoms with Crippen LogP contribution in [0.1, 0.15) is 40.5 Å². The Morgan fingerprint density at radius 1 is 0.579 bits per heavy atom. The molecule has 4 amide bonds. The third-order valence-corrected chi connectivity index (χ3v) is 15.1. The van der Waals surface area contributed by atoms with Crippen LogP contribution in [0, 0.1) is 47.3 Å². The summed E-state index contributed by atoms with van der Waals surface area (Å²) in [5.41, 5.74) is 0.112. The number of benzene rings is 2. The summed E-state index contributed by atoms with van der Waals surface area (Å²) in [6.45, 7) is 1.61. The molecule has 16 nitrogen and oxygen atoms in total. The lowest BCUT2D eigenvalue weighted by Gasteiger charge is -2.17. The van der Waals surface area contributed by atoms with Gasteiger partial charge in [-0.25, -0.2) is 26.4 Å². The Kier molecular flexibility index (Phi) is 10.0. The second-order valence-electron chi connectivity index (χ2n) is 15.0. The fourth-order valence-electron chi connectivity index (χ4n) is 9.00. The van der Waals surface area contributed by atoms with Crippen LogP contribution in [0.5, 0.6) is 0 Å². The molecule has 2 aromatic rings. The number of esters is 2. The van der Waals surface area contributed by atoms with Crippen LogP contribution in [0.2, 0.25) is 0 Å². The van der Waals surface area contributed by atoms with Crippen molar-refractivity contribution in [3.8, 4) is 0 Å². The number of rotatable bonds is 15. The Morgan fingerprint density at radius 3 is 1.30 bits per heavy atom.